The number of fused-ring (bicyclic) bond motifs is 1. The fourth-order valence-corrected chi connectivity index (χ4v) is 4.80. The third-order valence-electron chi connectivity index (χ3n) is 4.92. The molecule has 0 fully saturated rings. The molecule has 0 bridgehead atoms. The number of amides is 1. The van der Waals surface area contributed by atoms with Crippen molar-refractivity contribution in [3.05, 3.63) is 72.6 Å². The summed E-state index contributed by atoms with van der Waals surface area (Å²) in [7, 11) is -3.74. The Labute approximate surface area is 164 Å². The highest BCUT2D eigenvalue weighted by Gasteiger charge is 2.30. The van der Waals surface area contributed by atoms with Gasteiger partial charge in [0.05, 0.1) is 10.6 Å². The van der Waals surface area contributed by atoms with Gasteiger partial charge < -0.3 is 9.47 Å². The number of carbonyl (C=O) groups is 1. The first-order chi connectivity index (χ1) is 13.3. The van der Waals surface area contributed by atoms with Gasteiger partial charge in [-0.3, -0.25) is 9.52 Å². The molecule has 1 N–H and O–H groups in total. The molecule has 0 saturated heterocycles. The Kier molecular flexibility index (Phi) is 4.47. The molecular weight excluding hydrogens is 374 g/mol. The molecule has 0 saturated carbocycles. The standard InChI is InChI=1S/C21H21N3O3S/c1-15-12-17-13-20(8-9-21(17)24(15)16(2)25)28(26,27)22-18-6-5-7-19(14-18)23-10-3-4-11-23/h3-11,13-15,22H,12H2,1-2H3/t15-/m1/s1. The Morgan fingerprint density at radius 2 is 1.82 bits per heavy atom. The minimum atomic E-state index is -3.74. The monoisotopic (exact) mass is 395 g/mol. The zero-order valence-electron chi connectivity index (χ0n) is 15.7. The van der Waals surface area contributed by atoms with Gasteiger partial charge in [0.1, 0.15) is 0 Å². The van der Waals surface area contributed by atoms with Crippen LogP contribution in [0.4, 0.5) is 11.4 Å². The molecule has 1 aliphatic rings. The first kappa shape index (κ1) is 18.3. The largest absolute Gasteiger partial charge is 0.324 e. The zero-order valence-corrected chi connectivity index (χ0v) is 16.5. The van der Waals surface area contributed by atoms with Crippen molar-refractivity contribution in [1.29, 1.82) is 0 Å². The molecule has 2 heterocycles. The number of carbonyl (C=O) groups excluding carboxylic acids is 1. The summed E-state index contributed by atoms with van der Waals surface area (Å²) < 4.78 is 30.4. The topological polar surface area (TPSA) is 71.4 Å². The third-order valence-corrected chi connectivity index (χ3v) is 6.30. The Morgan fingerprint density at radius 1 is 1.07 bits per heavy atom. The van der Waals surface area contributed by atoms with E-state index in [2.05, 4.69) is 4.72 Å². The van der Waals surface area contributed by atoms with Crippen molar-refractivity contribution in [1.82, 2.24) is 4.57 Å². The van der Waals surface area contributed by atoms with Gasteiger partial charge in [-0.1, -0.05) is 6.07 Å². The van der Waals surface area contributed by atoms with Gasteiger partial charge in [-0.05, 0) is 67.4 Å². The molecule has 144 valence electrons. The fourth-order valence-electron chi connectivity index (χ4n) is 3.71. The molecule has 28 heavy (non-hydrogen) atoms. The zero-order chi connectivity index (χ0) is 19.9. The molecule has 6 nitrogen and oxygen atoms in total. The summed E-state index contributed by atoms with van der Waals surface area (Å²) in [6, 6.07) is 16.0. The highest BCUT2D eigenvalue weighted by molar-refractivity contribution is 7.92. The van der Waals surface area contributed by atoms with Gasteiger partial charge in [0.15, 0.2) is 0 Å². The van der Waals surface area contributed by atoms with E-state index in [-0.39, 0.29) is 16.8 Å². The van der Waals surface area contributed by atoms with Crippen molar-refractivity contribution in [2.45, 2.75) is 31.2 Å². The molecule has 0 radical (unpaired) electrons. The van der Waals surface area contributed by atoms with Gasteiger partial charge >= 0.3 is 0 Å². The molecule has 1 aromatic heterocycles. The number of hydrogen-bond donors (Lipinski definition) is 1. The fraction of sp³-hybridized carbons (Fsp3) is 0.190. The predicted octanol–water partition coefficient (Wildman–Crippen LogP) is 3.58. The van der Waals surface area contributed by atoms with Gasteiger partial charge in [-0.25, -0.2) is 8.42 Å². The van der Waals surface area contributed by atoms with Crippen LogP contribution in [0.2, 0.25) is 0 Å². The number of hydrogen-bond acceptors (Lipinski definition) is 3. The maximum Gasteiger partial charge on any atom is 0.261 e. The van der Waals surface area contributed by atoms with Crippen LogP contribution in [0, 0.1) is 0 Å². The summed E-state index contributed by atoms with van der Waals surface area (Å²) in [6.45, 7) is 3.48. The van der Waals surface area contributed by atoms with Crippen molar-refractivity contribution < 1.29 is 13.2 Å². The Balaban J connectivity index is 1.63. The van der Waals surface area contributed by atoms with Gasteiger partial charge in [0, 0.05) is 36.7 Å². The van der Waals surface area contributed by atoms with Crippen LogP contribution >= 0.6 is 0 Å². The normalized spacial score (nSPS) is 16.1. The summed E-state index contributed by atoms with van der Waals surface area (Å²) in [5.74, 6) is -0.0400. The Bertz CT molecular complexity index is 1140. The van der Waals surface area contributed by atoms with Crippen molar-refractivity contribution >= 4 is 27.3 Å². The lowest BCUT2D eigenvalue weighted by molar-refractivity contribution is -0.116. The van der Waals surface area contributed by atoms with E-state index in [1.807, 2.05) is 48.1 Å². The van der Waals surface area contributed by atoms with Crippen molar-refractivity contribution in [2.24, 2.45) is 0 Å². The second-order valence-corrected chi connectivity index (χ2v) is 8.66. The lowest BCUT2D eigenvalue weighted by atomic mass is 10.1. The van der Waals surface area contributed by atoms with Crippen LogP contribution in [-0.4, -0.2) is 24.9 Å². The Hall–Kier alpha value is -3.06. The molecule has 2 aromatic carbocycles. The van der Waals surface area contributed by atoms with Crippen LogP contribution in [0.15, 0.2) is 71.9 Å². The molecule has 7 heteroatoms. The molecular formula is C21H21N3O3S. The molecule has 4 rings (SSSR count). The van der Waals surface area contributed by atoms with Gasteiger partial charge in [0.25, 0.3) is 10.0 Å². The van der Waals surface area contributed by atoms with Crippen molar-refractivity contribution in [2.75, 3.05) is 9.62 Å². The Morgan fingerprint density at radius 3 is 2.54 bits per heavy atom. The van der Waals surface area contributed by atoms with Crippen molar-refractivity contribution in [3.63, 3.8) is 0 Å². The number of nitrogens with zero attached hydrogens (tertiary/aromatic N) is 2. The van der Waals surface area contributed by atoms with Crippen LogP contribution in [0.3, 0.4) is 0 Å². The predicted molar refractivity (Wildman–Crippen MR) is 109 cm³/mol. The smallest absolute Gasteiger partial charge is 0.261 e. The lowest BCUT2D eigenvalue weighted by Gasteiger charge is -2.20. The van der Waals surface area contributed by atoms with Crippen molar-refractivity contribution in [3.8, 4) is 5.69 Å². The average molecular weight is 395 g/mol. The second-order valence-electron chi connectivity index (χ2n) is 6.98. The minimum Gasteiger partial charge on any atom is -0.324 e. The van der Waals surface area contributed by atoms with Crippen LogP contribution in [0.5, 0.6) is 0 Å². The first-order valence-corrected chi connectivity index (χ1v) is 10.5. The van der Waals surface area contributed by atoms with E-state index in [1.165, 1.54) is 6.92 Å². The van der Waals surface area contributed by atoms with Gasteiger partial charge in [-0.2, -0.15) is 0 Å². The summed E-state index contributed by atoms with van der Waals surface area (Å²) in [4.78, 5) is 13.8. The van der Waals surface area contributed by atoms with E-state index in [1.54, 1.807) is 35.2 Å². The number of nitrogens with one attached hydrogen (secondary N) is 1. The molecule has 1 atom stereocenters. The summed E-state index contributed by atoms with van der Waals surface area (Å²) in [5, 5.41) is 0. The highest BCUT2D eigenvalue weighted by atomic mass is 32.2. The number of benzene rings is 2. The molecule has 0 spiro atoms. The second kappa shape index (κ2) is 6.83. The quantitative estimate of drug-likeness (QED) is 0.734. The molecule has 1 amide bonds. The van der Waals surface area contributed by atoms with Crippen LogP contribution in [0.25, 0.3) is 5.69 Å². The van der Waals surface area contributed by atoms with E-state index in [4.69, 9.17) is 0 Å². The summed E-state index contributed by atoms with van der Waals surface area (Å²) in [5.41, 5.74) is 3.01. The van der Waals surface area contributed by atoms with E-state index in [0.717, 1.165) is 16.9 Å². The maximum atomic E-state index is 12.9. The van der Waals surface area contributed by atoms with E-state index in [9.17, 15) is 13.2 Å². The molecule has 0 aliphatic carbocycles. The number of sulfonamides is 1. The SMILES string of the molecule is CC(=O)N1c2ccc(S(=O)(=O)Nc3cccc(-n4cccc4)c3)cc2C[C@H]1C. The lowest BCUT2D eigenvalue weighted by Crippen LogP contribution is -2.33. The molecule has 1 aliphatic heterocycles. The van der Waals surface area contributed by atoms with Crippen LogP contribution in [0.1, 0.15) is 19.4 Å². The average Bonchev–Trinajstić information content (AvgIpc) is 3.27. The van der Waals surface area contributed by atoms with E-state index in [0.29, 0.717) is 12.1 Å². The number of aromatic nitrogens is 1. The summed E-state index contributed by atoms with van der Waals surface area (Å²) in [6.07, 6.45) is 4.44. The highest BCUT2D eigenvalue weighted by Crippen LogP contribution is 2.34. The maximum absolute atomic E-state index is 12.9. The van der Waals surface area contributed by atoms with Crippen LogP contribution < -0.4 is 9.62 Å². The van der Waals surface area contributed by atoms with E-state index >= 15 is 0 Å². The van der Waals surface area contributed by atoms with Gasteiger partial charge in [-0.15, -0.1) is 0 Å². The van der Waals surface area contributed by atoms with Crippen LogP contribution in [-0.2, 0) is 21.2 Å². The number of anilines is 2. The van der Waals surface area contributed by atoms with Gasteiger partial charge in [0.2, 0.25) is 5.91 Å². The number of rotatable bonds is 4. The summed E-state index contributed by atoms with van der Waals surface area (Å²) >= 11 is 0. The first-order valence-electron chi connectivity index (χ1n) is 9.04. The third kappa shape index (κ3) is 3.29. The minimum absolute atomic E-state index is 0.0247. The van der Waals surface area contributed by atoms with E-state index < -0.39 is 10.0 Å². The molecule has 3 aromatic rings. The molecule has 0 unspecified atom stereocenters.